The van der Waals surface area contributed by atoms with Crippen LogP contribution in [-0.4, -0.2) is 43.8 Å². The predicted molar refractivity (Wildman–Crippen MR) is 84.8 cm³/mol. The SMILES string of the molecule is COC(=O)CC(=Nc1ccc(OC(C)=O)c(OC(C)=O)c1)C(=O)OC. The van der Waals surface area contributed by atoms with Crippen LogP contribution < -0.4 is 9.47 Å². The number of hydrogen-bond acceptors (Lipinski definition) is 9. The summed E-state index contributed by atoms with van der Waals surface area (Å²) < 4.78 is 19.0. The van der Waals surface area contributed by atoms with Gasteiger partial charge in [0.2, 0.25) is 0 Å². The third-order valence-electron chi connectivity index (χ3n) is 2.66. The number of esters is 4. The minimum Gasteiger partial charge on any atom is -0.469 e. The second kappa shape index (κ2) is 9.16. The first-order valence-electron chi connectivity index (χ1n) is 7.00. The van der Waals surface area contributed by atoms with Gasteiger partial charge < -0.3 is 18.9 Å². The Labute approximate surface area is 143 Å². The van der Waals surface area contributed by atoms with E-state index in [2.05, 4.69) is 14.5 Å². The molecule has 0 radical (unpaired) electrons. The summed E-state index contributed by atoms with van der Waals surface area (Å²) in [4.78, 5) is 49.4. The average molecular weight is 351 g/mol. The van der Waals surface area contributed by atoms with Crippen LogP contribution >= 0.6 is 0 Å². The average Bonchev–Trinajstić information content (AvgIpc) is 2.54. The van der Waals surface area contributed by atoms with E-state index < -0.39 is 30.3 Å². The number of carbonyl (C=O) groups excluding carboxylic acids is 4. The molecule has 0 aromatic heterocycles. The highest BCUT2D eigenvalue weighted by Gasteiger charge is 2.18. The molecule has 0 heterocycles. The van der Waals surface area contributed by atoms with Crippen LogP contribution in [0.2, 0.25) is 0 Å². The molecule has 0 atom stereocenters. The third-order valence-corrected chi connectivity index (χ3v) is 2.66. The van der Waals surface area contributed by atoms with Crippen LogP contribution in [0.1, 0.15) is 20.3 Å². The highest BCUT2D eigenvalue weighted by atomic mass is 16.6. The lowest BCUT2D eigenvalue weighted by Crippen LogP contribution is -2.20. The molecule has 1 rings (SSSR count). The van der Waals surface area contributed by atoms with Crippen molar-refractivity contribution >= 4 is 35.3 Å². The smallest absolute Gasteiger partial charge is 0.353 e. The number of nitrogens with zero attached hydrogens (tertiary/aromatic N) is 1. The van der Waals surface area contributed by atoms with Gasteiger partial charge in [0.05, 0.1) is 26.3 Å². The molecular formula is C16H17NO8. The molecule has 1 aromatic rings. The molecule has 0 amide bonds. The third kappa shape index (κ3) is 6.42. The number of rotatable bonds is 6. The lowest BCUT2D eigenvalue weighted by molar-refractivity contribution is -0.140. The second-order valence-electron chi connectivity index (χ2n) is 4.62. The van der Waals surface area contributed by atoms with E-state index in [1.807, 2.05) is 0 Å². The lowest BCUT2D eigenvalue weighted by Gasteiger charge is -2.09. The fourth-order valence-electron chi connectivity index (χ4n) is 1.68. The van der Waals surface area contributed by atoms with E-state index in [9.17, 15) is 19.2 Å². The van der Waals surface area contributed by atoms with E-state index in [1.165, 1.54) is 39.2 Å². The number of ether oxygens (including phenoxy) is 4. The van der Waals surface area contributed by atoms with Gasteiger partial charge in [-0.1, -0.05) is 0 Å². The van der Waals surface area contributed by atoms with Gasteiger partial charge in [0.1, 0.15) is 5.71 Å². The van der Waals surface area contributed by atoms with Crippen molar-refractivity contribution in [1.29, 1.82) is 0 Å². The van der Waals surface area contributed by atoms with Gasteiger partial charge in [-0.25, -0.2) is 9.79 Å². The maximum Gasteiger partial charge on any atom is 0.353 e. The monoisotopic (exact) mass is 351 g/mol. The fourth-order valence-corrected chi connectivity index (χ4v) is 1.68. The minimum atomic E-state index is -0.816. The molecule has 134 valence electrons. The normalized spacial score (nSPS) is 10.6. The van der Waals surface area contributed by atoms with Crippen molar-refractivity contribution < 1.29 is 38.1 Å². The topological polar surface area (TPSA) is 118 Å². The van der Waals surface area contributed by atoms with Crippen molar-refractivity contribution in [2.45, 2.75) is 20.3 Å². The summed E-state index contributed by atoms with van der Waals surface area (Å²) in [6.45, 7) is 2.36. The first-order valence-corrected chi connectivity index (χ1v) is 7.00. The van der Waals surface area contributed by atoms with Crippen LogP contribution in [0.5, 0.6) is 11.5 Å². The first-order chi connectivity index (χ1) is 11.8. The Kier molecular flexibility index (Phi) is 7.26. The lowest BCUT2D eigenvalue weighted by atomic mass is 10.2. The Morgan fingerprint density at radius 3 is 2.04 bits per heavy atom. The number of methoxy groups -OCH3 is 2. The zero-order chi connectivity index (χ0) is 19.0. The van der Waals surface area contributed by atoms with Crippen molar-refractivity contribution in [1.82, 2.24) is 0 Å². The number of hydrogen-bond donors (Lipinski definition) is 0. The van der Waals surface area contributed by atoms with Crippen LogP contribution in [-0.2, 0) is 28.7 Å². The fraction of sp³-hybridized carbons (Fsp3) is 0.312. The van der Waals surface area contributed by atoms with Gasteiger partial charge >= 0.3 is 23.9 Å². The summed E-state index contributed by atoms with van der Waals surface area (Å²) >= 11 is 0. The van der Waals surface area contributed by atoms with Gasteiger partial charge in [-0.05, 0) is 12.1 Å². The second-order valence-corrected chi connectivity index (χ2v) is 4.62. The summed E-state index contributed by atoms with van der Waals surface area (Å²) in [6, 6.07) is 4.02. The van der Waals surface area contributed by atoms with Crippen LogP contribution in [0.4, 0.5) is 5.69 Å². The molecule has 0 N–H and O–H groups in total. The van der Waals surface area contributed by atoms with Gasteiger partial charge in [0.15, 0.2) is 11.5 Å². The zero-order valence-corrected chi connectivity index (χ0v) is 14.2. The van der Waals surface area contributed by atoms with Gasteiger partial charge in [-0.3, -0.25) is 14.4 Å². The molecule has 0 aliphatic carbocycles. The van der Waals surface area contributed by atoms with Crippen molar-refractivity contribution in [3.63, 3.8) is 0 Å². The van der Waals surface area contributed by atoms with Crippen molar-refractivity contribution in [3.8, 4) is 11.5 Å². The number of benzene rings is 1. The van der Waals surface area contributed by atoms with E-state index in [-0.39, 0.29) is 22.9 Å². The summed E-state index contributed by atoms with van der Waals surface area (Å²) in [7, 11) is 2.31. The largest absolute Gasteiger partial charge is 0.469 e. The van der Waals surface area contributed by atoms with E-state index in [1.54, 1.807) is 0 Å². The van der Waals surface area contributed by atoms with Crippen LogP contribution in [0.15, 0.2) is 23.2 Å². The summed E-state index contributed by atoms with van der Waals surface area (Å²) in [6.07, 6.45) is -0.405. The predicted octanol–water partition coefficient (Wildman–Crippen LogP) is 1.35. The van der Waals surface area contributed by atoms with Gasteiger partial charge in [0.25, 0.3) is 0 Å². The van der Waals surface area contributed by atoms with Crippen molar-refractivity contribution in [3.05, 3.63) is 18.2 Å². The minimum absolute atomic E-state index is 0.00855. The molecule has 9 heteroatoms. The Morgan fingerprint density at radius 2 is 1.52 bits per heavy atom. The Hall–Kier alpha value is -3.23. The molecule has 0 saturated heterocycles. The molecule has 25 heavy (non-hydrogen) atoms. The molecule has 9 nitrogen and oxygen atoms in total. The van der Waals surface area contributed by atoms with Crippen LogP contribution in [0, 0.1) is 0 Å². The molecule has 1 aromatic carbocycles. The maximum absolute atomic E-state index is 11.7. The zero-order valence-electron chi connectivity index (χ0n) is 14.2. The summed E-state index contributed by atoms with van der Waals surface area (Å²) in [5.74, 6) is -2.80. The van der Waals surface area contributed by atoms with E-state index in [0.29, 0.717) is 0 Å². The van der Waals surface area contributed by atoms with E-state index in [0.717, 1.165) is 7.11 Å². The van der Waals surface area contributed by atoms with E-state index >= 15 is 0 Å². The standard InChI is InChI=1S/C16H17NO8/c1-9(18)24-13-6-5-11(7-14(13)25-10(2)19)17-12(16(21)23-4)8-15(20)22-3/h5-7H,8H2,1-4H3. The molecule has 0 bridgehead atoms. The van der Waals surface area contributed by atoms with Crippen molar-refractivity contribution in [2.75, 3.05) is 14.2 Å². The van der Waals surface area contributed by atoms with Gasteiger partial charge in [0, 0.05) is 19.9 Å². The van der Waals surface area contributed by atoms with Crippen LogP contribution in [0.25, 0.3) is 0 Å². The molecule has 0 spiro atoms. The van der Waals surface area contributed by atoms with Gasteiger partial charge in [-0.2, -0.15) is 0 Å². The molecule has 0 saturated carbocycles. The molecule has 0 aliphatic heterocycles. The summed E-state index contributed by atoms with van der Waals surface area (Å²) in [5, 5.41) is 0. The number of aliphatic imine (C=N–C) groups is 1. The first kappa shape index (κ1) is 19.8. The molecular weight excluding hydrogens is 334 g/mol. The number of carbonyl (C=O) groups is 4. The molecule has 0 unspecified atom stereocenters. The van der Waals surface area contributed by atoms with E-state index in [4.69, 9.17) is 9.47 Å². The Balaban J connectivity index is 3.28. The summed E-state index contributed by atoms with van der Waals surface area (Å²) in [5.41, 5.74) is -0.0279. The quantitative estimate of drug-likeness (QED) is 0.428. The van der Waals surface area contributed by atoms with Gasteiger partial charge in [-0.15, -0.1) is 0 Å². The highest BCUT2D eigenvalue weighted by Crippen LogP contribution is 2.32. The highest BCUT2D eigenvalue weighted by molar-refractivity contribution is 6.39. The molecule has 0 aliphatic rings. The maximum atomic E-state index is 11.7. The Morgan fingerprint density at radius 1 is 0.920 bits per heavy atom. The Bertz CT molecular complexity index is 723. The van der Waals surface area contributed by atoms with Crippen LogP contribution in [0.3, 0.4) is 0 Å². The van der Waals surface area contributed by atoms with Crippen molar-refractivity contribution in [2.24, 2.45) is 4.99 Å². The molecule has 0 fully saturated rings.